The molecular weight excluding hydrogens is 246 g/mol. The molecule has 1 rings (SSSR count). The number of hydrogen-bond donors (Lipinski definition) is 1. The minimum absolute atomic E-state index is 0.0687. The molecule has 0 unspecified atom stereocenters. The Kier molecular flexibility index (Phi) is 5.36. The van der Waals surface area contributed by atoms with Crippen LogP contribution in [0.1, 0.15) is 28.8 Å². The van der Waals surface area contributed by atoms with Crippen molar-refractivity contribution < 1.29 is 19.4 Å². The Bertz CT molecular complexity index is 471. The molecule has 0 aliphatic carbocycles. The summed E-state index contributed by atoms with van der Waals surface area (Å²) in [5.74, 6) is -0.220. The van der Waals surface area contributed by atoms with Gasteiger partial charge in [-0.15, -0.1) is 0 Å². The van der Waals surface area contributed by atoms with Crippen LogP contribution in [-0.4, -0.2) is 42.6 Å². The standard InChI is InChI=1S/C14H19NO4/c1-10-9-11(6-7-12(10)19-3)14(18)15(2)8-4-5-13(16)17/h6-7,9H,4-5,8H2,1-3H3,(H,16,17). The summed E-state index contributed by atoms with van der Waals surface area (Å²) < 4.78 is 5.14. The number of amides is 1. The molecule has 0 fully saturated rings. The first-order valence-electron chi connectivity index (χ1n) is 6.07. The number of nitrogens with zero attached hydrogens (tertiary/aromatic N) is 1. The van der Waals surface area contributed by atoms with Gasteiger partial charge in [0.15, 0.2) is 0 Å². The molecule has 0 aromatic heterocycles. The first kappa shape index (κ1) is 15.0. The highest BCUT2D eigenvalue weighted by Gasteiger charge is 2.13. The number of aliphatic carboxylic acids is 1. The molecule has 0 heterocycles. The third-order valence-electron chi connectivity index (χ3n) is 2.87. The monoisotopic (exact) mass is 265 g/mol. The Labute approximate surface area is 112 Å². The van der Waals surface area contributed by atoms with Crippen molar-refractivity contribution in [1.29, 1.82) is 0 Å². The summed E-state index contributed by atoms with van der Waals surface area (Å²) in [7, 11) is 3.26. The van der Waals surface area contributed by atoms with Crippen LogP contribution in [0.2, 0.25) is 0 Å². The molecule has 1 aromatic rings. The highest BCUT2D eigenvalue weighted by atomic mass is 16.5. The number of carboxylic acids is 1. The van der Waals surface area contributed by atoms with Gasteiger partial charge in [-0.1, -0.05) is 0 Å². The zero-order valence-electron chi connectivity index (χ0n) is 11.5. The predicted octanol–water partition coefficient (Wildman–Crippen LogP) is 1.94. The van der Waals surface area contributed by atoms with E-state index in [0.717, 1.165) is 11.3 Å². The number of ether oxygens (including phenoxy) is 1. The molecule has 0 aliphatic heterocycles. The second kappa shape index (κ2) is 6.78. The fourth-order valence-corrected chi connectivity index (χ4v) is 1.80. The fourth-order valence-electron chi connectivity index (χ4n) is 1.80. The van der Waals surface area contributed by atoms with Crippen LogP contribution in [0.4, 0.5) is 0 Å². The van der Waals surface area contributed by atoms with Crippen molar-refractivity contribution in [2.24, 2.45) is 0 Å². The molecule has 19 heavy (non-hydrogen) atoms. The molecule has 0 spiro atoms. The Morgan fingerprint density at radius 3 is 2.58 bits per heavy atom. The van der Waals surface area contributed by atoms with Crippen molar-refractivity contribution in [3.63, 3.8) is 0 Å². The Hall–Kier alpha value is -2.04. The molecule has 0 saturated heterocycles. The first-order valence-corrected chi connectivity index (χ1v) is 6.07. The van der Waals surface area contributed by atoms with Crippen molar-refractivity contribution in [2.45, 2.75) is 19.8 Å². The number of carbonyl (C=O) groups is 2. The summed E-state index contributed by atoms with van der Waals surface area (Å²) in [5.41, 5.74) is 1.48. The van der Waals surface area contributed by atoms with Crippen molar-refractivity contribution in [2.75, 3.05) is 20.7 Å². The van der Waals surface area contributed by atoms with Gasteiger partial charge in [-0.05, 0) is 37.1 Å². The topological polar surface area (TPSA) is 66.8 Å². The quantitative estimate of drug-likeness (QED) is 0.853. The van der Waals surface area contributed by atoms with E-state index in [1.807, 2.05) is 6.92 Å². The fraction of sp³-hybridized carbons (Fsp3) is 0.429. The average Bonchev–Trinajstić information content (AvgIpc) is 2.37. The van der Waals surface area contributed by atoms with Crippen LogP contribution in [0.5, 0.6) is 5.75 Å². The molecule has 5 heteroatoms. The van der Waals surface area contributed by atoms with E-state index in [1.54, 1.807) is 32.4 Å². The second-order valence-corrected chi connectivity index (χ2v) is 4.41. The van der Waals surface area contributed by atoms with Crippen molar-refractivity contribution in [3.8, 4) is 5.75 Å². The largest absolute Gasteiger partial charge is 0.496 e. The van der Waals surface area contributed by atoms with Gasteiger partial charge in [0.05, 0.1) is 7.11 Å². The molecule has 0 bridgehead atoms. The number of methoxy groups -OCH3 is 1. The molecular formula is C14H19NO4. The van der Waals surface area contributed by atoms with E-state index in [1.165, 1.54) is 4.90 Å². The van der Waals surface area contributed by atoms with Crippen LogP contribution in [0.25, 0.3) is 0 Å². The van der Waals surface area contributed by atoms with Gasteiger partial charge in [0.1, 0.15) is 5.75 Å². The van der Waals surface area contributed by atoms with E-state index >= 15 is 0 Å². The van der Waals surface area contributed by atoms with Crippen molar-refractivity contribution >= 4 is 11.9 Å². The lowest BCUT2D eigenvalue weighted by molar-refractivity contribution is -0.137. The number of benzene rings is 1. The maximum atomic E-state index is 12.1. The maximum absolute atomic E-state index is 12.1. The molecule has 104 valence electrons. The van der Waals surface area contributed by atoms with E-state index in [2.05, 4.69) is 0 Å². The SMILES string of the molecule is COc1ccc(C(=O)N(C)CCCC(=O)O)cc1C. The first-order chi connectivity index (χ1) is 8.95. The number of rotatable bonds is 6. The minimum atomic E-state index is -0.846. The molecule has 1 N–H and O–H groups in total. The van der Waals surface area contributed by atoms with Gasteiger partial charge in [-0.25, -0.2) is 0 Å². The normalized spacial score (nSPS) is 10.1. The Balaban J connectivity index is 2.66. The highest BCUT2D eigenvalue weighted by Crippen LogP contribution is 2.19. The lowest BCUT2D eigenvalue weighted by Crippen LogP contribution is -2.28. The Morgan fingerprint density at radius 2 is 2.05 bits per heavy atom. The van der Waals surface area contributed by atoms with Gasteiger partial charge in [-0.2, -0.15) is 0 Å². The smallest absolute Gasteiger partial charge is 0.303 e. The summed E-state index contributed by atoms with van der Waals surface area (Å²) >= 11 is 0. The minimum Gasteiger partial charge on any atom is -0.496 e. The summed E-state index contributed by atoms with van der Waals surface area (Å²) in [4.78, 5) is 24.1. The second-order valence-electron chi connectivity index (χ2n) is 4.41. The molecule has 0 atom stereocenters. The van der Waals surface area contributed by atoms with Crippen molar-refractivity contribution in [1.82, 2.24) is 4.90 Å². The number of carboxylic acid groups (broad SMARTS) is 1. The van der Waals surface area contributed by atoms with Crippen LogP contribution in [0.3, 0.4) is 0 Å². The van der Waals surface area contributed by atoms with Gasteiger partial charge in [0.25, 0.3) is 5.91 Å². The molecule has 1 amide bonds. The third-order valence-corrected chi connectivity index (χ3v) is 2.87. The van der Waals surface area contributed by atoms with E-state index in [-0.39, 0.29) is 12.3 Å². The Morgan fingerprint density at radius 1 is 1.37 bits per heavy atom. The summed E-state index contributed by atoms with van der Waals surface area (Å²) in [6.07, 6.45) is 0.520. The molecule has 0 aliphatic rings. The van der Waals surface area contributed by atoms with Crippen LogP contribution in [0.15, 0.2) is 18.2 Å². The summed E-state index contributed by atoms with van der Waals surface area (Å²) in [5, 5.41) is 8.56. The predicted molar refractivity (Wildman–Crippen MR) is 71.6 cm³/mol. The zero-order chi connectivity index (χ0) is 14.4. The van der Waals surface area contributed by atoms with Gasteiger partial charge in [0.2, 0.25) is 0 Å². The number of aryl methyl sites for hydroxylation is 1. The van der Waals surface area contributed by atoms with E-state index in [4.69, 9.17) is 9.84 Å². The van der Waals surface area contributed by atoms with Crippen LogP contribution in [0, 0.1) is 6.92 Å². The molecule has 1 aromatic carbocycles. The lowest BCUT2D eigenvalue weighted by Gasteiger charge is -2.17. The van der Waals surface area contributed by atoms with Crippen molar-refractivity contribution in [3.05, 3.63) is 29.3 Å². The summed E-state index contributed by atoms with van der Waals surface area (Å²) in [6.45, 7) is 2.30. The number of carbonyl (C=O) groups excluding carboxylic acids is 1. The zero-order valence-corrected chi connectivity index (χ0v) is 11.5. The lowest BCUT2D eigenvalue weighted by atomic mass is 10.1. The van der Waals surface area contributed by atoms with Crippen LogP contribution < -0.4 is 4.74 Å². The summed E-state index contributed by atoms with van der Waals surface area (Å²) in [6, 6.07) is 5.24. The average molecular weight is 265 g/mol. The molecule has 0 radical (unpaired) electrons. The van der Waals surface area contributed by atoms with Gasteiger partial charge in [0, 0.05) is 25.6 Å². The van der Waals surface area contributed by atoms with E-state index < -0.39 is 5.97 Å². The molecule has 0 saturated carbocycles. The van der Waals surface area contributed by atoms with Gasteiger partial charge < -0.3 is 14.7 Å². The number of hydrogen-bond acceptors (Lipinski definition) is 3. The maximum Gasteiger partial charge on any atom is 0.303 e. The van der Waals surface area contributed by atoms with Crippen LogP contribution >= 0.6 is 0 Å². The van der Waals surface area contributed by atoms with Crippen LogP contribution in [-0.2, 0) is 4.79 Å². The van der Waals surface area contributed by atoms with E-state index in [9.17, 15) is 9.59 Å². The third kappa shape index (κ3) is 4.28. The van der Waals surface area contributed by atoms with E-state index in [0.29, 0.717) is 18.5 Å². The van der Waals surface area contributed by atoms with Gasteiger partial charge in [-0.3, -0.25) is 9.59 Å². The molecule has 5 nitrogen and oxygen atoms in total. The highest BCUT2D eigenvalue weighted by molar-refractivity contribution is 5.94. The van der Waals surface area contributed by atoms with Gasteiger partial charge >= 0.3 is 5.97 Å².